The van der Waals surface area contributed by atoms with Crippen LogP contribution in [-0.4, -0.2) is 33.5 Å². The van der Waals surface area contributed by atoms with Crippen molar-refractivity contribution in [2.45, 2.75) is 31.2 Å². The van der Waals surface area contributed by atoms with Gasteiger partial charge in [0.2, 0.25) is 0 Å². The predicted molar refractivity (Wildman–Crippen MR) is 126 cm³/mol. The fourth-order valence-electron chi connectivity index (χ4n) is 4.08. The van der Waals surface area contributed by atoms with E-state index in [-0.39, 0.29) is 23.5 Å². The van der Waals surface area contributed by atoms with Gasteiger partial charge in [-0.25, -0.2) is 8.42 Å². The summed E-state index contributed by atoms with van der Waals surface area (Å²) in [6.07, 6.45) is 0.823. The molecule has 1 aliphatic rings. The number of sulfonamides is 1. The number of fused-ring (bicyclic) bond motifs is 1. The summed E-state index contributed by atoms with van der Waals surface area (Å²) in [5.74, 6) is 0.320. The summed E-state index contributed by atoms with van der Waals surface area (Å²) in [7, 11) is -3.70. The van der Waals surface area contributed by atoms with Crippen LogP contribution in [0.3, 0.4) is 0 Å². The first-order chi connectivity index (χ1) is 15.4. The van der Waals surface area contributed by atoms with E-state index in [0.717, 1.165) is 17.7 Å². The lowest BCUT2D eigenvalue weighted by atomic mass is 10.1. The molecule has 1 heterocycles. The first-order valence-corrected chi connectivity index (χ1v) is 12.1. The zero-order chi connectivity index (χ0) is 22.7. The Morgan fingerprint density at radius 2 is 1.66 bits per heavy atom. The van der Waals surface area contributed by atoms with Gasteiger partial charge in [-0.15, -0.1) is 0 Å². The second-order valence-corrected chi connectivity index (χ2v) is 9.57. The second-order valence-electron chi connectivity index (χ2n) is 7.71. The van der Waals surface area contributed by atoms with Gasteiger partial charge in [0, 0.05) is 18.3 Å². The molecule has 6 nitrogen and oxygen atoms in total. The predicted octanol–water partition coefficient (Wildman–Crippen LogP) is 4.26. The van der Waals surface area contributed by atoms with Crippen LogP contribution in [0.2, 0.25) is 0 Å². The molecule has 0 N–H and O–H groups in total. The number of rotatable bonds is 7. The van der Waals surface area contributed by atoms with Gasteiger partial charge < -0.3 is 9.64 Å². The number of benzene rings is 3. The molecule has 3 aromatic rings. The van der Waals surface area contributed by atoms with Gasteiger partial charge in [-0.05, 0) is 68.3 Å². The molecule has 166 valence electrons. The van der Waals surface area contributed by atoms with E-state index in [2.05, 4.69) is 0 Å². The number of carbonyl (C=O) groups excluding carboxylic acids is 1. The lowest BCUT2D eigenvalue weighted by molar-refractivity contribution is -0.120. The number of para-hydroxylation sites is 2. The first-order valence-electron chi connectivity index (χ1n) is 10.6. The highest BCUT2D eigenvalue weighted by atomic mass is 32.2. The summed E-state index contributed by atoms with van der Waals surface area (Å²) in [6.45, 7) is 4.01. The zero-order valence-corrected chi connectivity index (χ0v) is 19.0. The number of carbonyl (C=O) groups is 1. The van der Waals surface area contributed by atoms with Crippen molar-refractivity contribution < 1.29 is 17.9 Å². The third-order valence-electron chi connectivity index (χ3n) is 5.58. The molecule has 0 bridgehead atoms. The lowest BCUT2D eigenvalue weighted by Gasteiger charge is -2.23. The summed E-state index contributed by atoms with van der Waals surface area (Å²) < 4.78 is 33.2. The van der Waals surface area contributed by atoms with Gasteiger partial charge in [-0.2, -0.15) is 0 Å². The van der Waals surface area contributed by atoms with Crippen LogP contribution in [0.4, 0.5) is 11.4 Å². The maximum atomic E-state index is 13.1. The van der Waals surface area contributed by atoms with Crippen LogP contribution in [0.15, 0.2) is 83.8 Å². The molecule has 0 spiro atoms. The quantitative estimate of drug-likeness (QED) is 0.540. The number of anilines is 2. The number of hydrogen-bond acceptors (Lipinski definition) is 4. The van der Waals surface area contributed by atoms with E-state index in [9.17, 15) is 13.2 Å². The normalized spacial score (nSPS) is 15.3. The van der Waals surface area contributed by atoms with Crippen LogP contribution >= 0.6 is 0 Å². The van der Waals surface area contributed by atoms with Crippen LogP contribution in [-0.2, 0) is 21.2 Å². The topological polar surface area (TPSA) is 66.9 Å². The fourth-order valence-corrected chi connectivity index (χ4v) is 5.55. The van der Waals surface area contributed by atoms with Gasteiger partial charge in [0.05, 0.1) is 10.6 Å². The lowest BCUT2D eigenvalue weighted by Crippen LogP contribution is -2.39. The summed E-state index contributed by atoms with van der Waals surface area (Å²) in [5.41, 5.74) is 2.69. The molecule has 4 rings (SSSR count). The van der Waals surface area contributed by atoms with Crippen LogP contribution in [0, 0.1) is 0 Å². The van der Waals surface area contributed by atoms with Gasteiger partial charge in [-0.1, -0.05) is 36.4 Å². The highest BCUT2D eigenvalue weighted by molar-refractivity contribution is 7.92. The minimum atomic E-state index is -3.70. The van der Waals surface area contributed by atoms with E-state index < -0.39 is 10.0 Å². The molecule has 0 saturated carbocycles. The molecule has 3 aromatic carbocycles. The Bertz CT molecular complexity index is 1190. The standard InChI is InChI=1S/C25H26N2O4S/c1-3-26(21-10-5-4-6-11-21)32(29,30)23-15-13-22(14-16-23)31-18-25(28)27-19(2)17-20-9-7-8-12-24(20)27/h4-16,19H,3,17-18H2,1-2H3/t19-/m1/s1. The molecule has 0 fully saturated rings. The molecule has 0 aromatic heterocycles. The van der Waals surface area contributed by atoms with E-state index >= 15 is 0 Å². The molecule has 0 saturated heterocycles. The summed E-state index contributed by atoms with van der Waals surface area (Å²) >= 11 is 0. The third kappa shape index (κ3) is 4.21. The Balaban J connectivity index is 1.45. The van der Waals surface area contributed by atoms with Crippen LogP contribution in [0.25, 0.3) is 0 Å². The largest absolute Gasteiger partial charge is 0.484 e. The molecular formula is C25H26N2O4S. The van der Waals surface area contributed by atoms with Crippen molar-refractivity contribution in [3.05, 3.63) is 84.4 Å². The Labute approximate surface area is 189 Å². The van der Waals surface area contributed by atoms with Crippen molar-refractivity contribution in [1.29, 1.82) is 0 Å². The van der Waals surface area contributed by atoms with E-state index in [0.29, 0.717) is 18.0 Å². The molecule has 0 radical (unpaired) electrons. The van der Waals surface area contributed by atoms with E-state index in [1.807, 2.05) is 37.3 Å². The highest BCUT2D eigenvalue weighted by Gasteiger charge is 2.30. The Hall–Kier alpha value is -3.32. The van der Waals surface area contributed by atoms with E-state index in [1.54, 1.807) is 48.2 Å². The monoisotopic (exact) mass is 450 g/mol. The minimum absolute atomic E-state index is 0.0778. The molecular weight excluding hydrogens is 424 g/mol. The van der Waals surface area contributed by atoms with Gasteiger partial charge in [0.1, 0.15) is 5.75 Å². The smallest absolute Gasteiger partial charge is 0.265 e. The first kappa shape index (κ1) is 21.9. The average molecular weight is 451 g/mol. The molecule has 1 aliphatic heterocycles. The van der Waals surface area contributed by atoms with Crippen molar-refractivity contribution in [2.24, 2.45) is 0 Å². The highest BCUT2D eigenvalue weighted by Crippen LogP contribution is 2.32. The van der Waals surface area contributed by atoms with Crippen LogP contribution in [0.1, 0.15) is 19.4 Å². The fraction of sp³-hybridized carbons (Fsp3) is 0.240. The van der Waals surface area contributed by atoms with Crippen LogP contribution in [0.5, 0.6) is 5.75 Å². The van der Waals surface area contributed by atoms with Crippen molar-refractivity contribution in [2.75, 3.05) is 22.4 Å². The molecule has 0 unspecified atom stereocenters. The SMILES string of the molecule is CCN(c1ccccc1)S(=O)(=O)c1ccc(OCC(=O)N2c3ccccc3C[C@H]2C)cc1. The van der Waals surface area contributed by atoms with Crippen molar-refractivity contribution in [3.8, 4) is 5.75 Å². The van der Waals surface area contributed by atoms with Gasteiger partial charge >= 0.3 is 0 Å². The number of nitrogens with zero attached hydrogens (tertiary/aromatic N) is 2. The molecule has 7 heteroatoms. The number of ether oxygens (including phenoxy) is 1. The van der Waals surface area contributed by atoms with Gasteiger partial charge in [0.15, 0.2) is 6.61 Å². The Morgan fingerprint density at radius 1 is 1.00 bits per heavy atom. The Morgan fingerprint density at radius 3 is 2.34 bits per heavy atom. The average Bonchev–Trinajstić information content (AvgIpc) is 3.14. The van der Waals surface area contributed by atoms with Crippen molar-refractivity contribution >= 4 is 27.3 Å². The van der Waals surface area contributed by atoms with Gasteiger partial charge in [-0.3, -0.25) is 9.10 Å². The third-order valence-corrected chi connectivity index (χ3v) is 7.50. The number of hydrogen-bond donors (Lipinski definition) is 0. The molecule has 0 aliphatic carbocycles. The molecule has 1 atom stereocenters. The van der Waals surface area contributed by atoms with E-state index in [1.165, 1.54) is 16.4 Å². The minimum Gasteiger partial charge on any atom is -0.484 e. The maximum Gasteiger partial charge on any atom is 0.265 e. The van der Waals surface area contributed by atoms with Crippen molar-refractivity contribution in [3.63, 3.8) is 0 Å². The molecule has 32 heavy (non-hydrogen) atoms. The second kappa shape index (κ2) is 9.04. The van der Waals surface area contributed by atoms with E-state index in [4.69, 9.17) is 4.74 Å². The maximum absolute atomic E-state index is 13.1. The number of amides is 1. The van der Waals surface area contributed by atoms with Crippen LogP contribution < -0.4 is 13.9 Å². The summed E-state index contributed by atoms with van der Waals surface area (Å²) in [5, 5.41) is 0. The Kier molecular flexibility index (Phi) is 6.19. The van der Waals surface area contributed by atoms with Crippen molar-refractivity contribution in [1.82, 2.24) is 0 Å². The zero-order valence-electron chi connectivity index (χ0n) is 18.1. The molecule has 1 amide bonds. The summed E-state index contributed by atoms with van der Waals surface area (Å²) in [6, 6.07) is 23.1. The van der Waals surface area contributed by atoms with Gasteiger partial charge in [0.25, 0.3) is 15.9 Å². The summed E-state index contributed by atoms with van der Waals surface area (Å²) in [4.78, 5) is 14.7.